The Hall–Kier alpha value is -0.300. The largest absolute Gasteiger partial charge is 0.313 e. The lowest BCUT2D eigenvalue weighted by atomic mass is 9.92. The molecule has 1 saturated carbocycles. The summed E-state index contributed by atoms with van der Waals surface area (Å²) in [7, 11) is 2.13. The molecule has 0 radical (unpaired) electrons. The number of allylic oxidation sites excluding steroid dienone is 1. The summed E-state index contributed by atoms with van der Waals surface area (Å²) in [5, 5.41) is 3.52. The Labute approximate surface area is 94.3 Å². The van der Waals surface area contributed by atoms with E-state index in [1.54, 1.807) is 5.57 Å². The highest BCUT2D eigenvalue weighted by Gasteiger charge is 2.26. The summed E-state index contributed by atoms with van der Waals surface area (Å²) in [6.07, 6.45) is 15.2. The lowest BCUT2D eigenvalue weighted by Gasteiger charge is -2.21. The van der Waals surface area contributed by atoms with Crippen LogP contribution in [0.5, 0.6) is 0 Å². The molecular weight excluding hydrogens is 182 g/mol. The summed E-state index contributed by atoms with van der Waals surface area (Å²) in [5.74, 6) is 1.04. The van der Waals surface area contributed by atoms with Gasteiger partial charge in [-0.15, -0.1) is 0 Å². The van der Waals surface area contributed by atoms with Crippen molar-refractivity contribution in [2.24, 2.45) is 5.92 Å². The Morgan fingerprint density at radius 2 is 2.07 bits per heavy atom. The van der Waals surface area contributed by atoms with Crippen LogP contribution < -0.4 is 5.32 Å². The Balaban J connectivity index is 1.90. The van der Waals surface area contributed by atoms with Crippen LogP contribution >= 0.6 is 0 Å². The molecule has 0 saturated heterocycles. The topological polar surface area (TPSA) is 12.0 Å². The van der Waals surface area contributed by atoms with Crippen molar-refractivity contribution in [1.29, 1.82) is 0 Å². The summed E-state index contributed by atoms with van der Waals surface area (Å²) in [6.45, 7) is 0. The number of rotatable bonds is 4. The fourth-order valence-corrected chi connectivity index (χ4v) is 2.67. The van der Waals surface area contributed by atoms with Gasteiger partial charge >= 0.3 is 0 Å². The van der Waals surface area contributed by atoms with E-state index >= 15 is 0 Å². The molecule has 0 spiro atoms. The molecular formula is C14H25N. The van der Waals surface area contributed by atoms with Crippen LogP contribution in [0.25, 0.3) is 0 Å². The average molecular weight is 207 g/mol. The van der Waals surface area contributed by atoms with Gasteiger partial charge in [0.25, 0.3) is 0 Å². The van der Waals surface area contributed by atoms with Gasteiger partial charge in [-0.3, -0.25) is 0 Å². The number of likely N-dealkylation sites (N-methyl/N-ethyl adjacent to an activating group) is 1. The van der Waals surface area contributed by atoms with Gasteiger partial charge in [-0.1, -0.05) is 37.3 Å². The van der Waals surface area contributed by atoms with Crippen molar-refractivity contribution >= 4 is 0 Å². The van der Waals surface area contributed by atoms with E-state index in [2.05, 4.69) is 18.4 Å². The number of hydrogen-bond acceptors (Lipinski definition) is 1. The van der Waals surface area contributed by atoms with Gasteiger partial charge in [-0.25, -0.2) is 0 Å². The van der Waals surface area contributed by atoms with Gasteiger partial charge in [0.05, 0.1) is 0 Å². The van der Waals surface area contributed by atoms with Crippen LogP contribution in [0.2, 0.25) is 0 Å². The molecule has 0 aliphatic heterocycles. The summed E-state index contributed by atoms with van der Waals surface area (Å²) in [4.78, 5) is 0. The minimum absolute atomic E-state index is 0.690. The van der Waals surface area contributed by atoms with Crippen molar-refractivity contribution in [3.63, 3.8) is 0 Å². The summed E-state index contributed by atoms with van der Waals surface area (Å²) >= 11 is 0. The van der Waals surface area contributed by atoms with E-state index in [1.807, 2.05) is 0 Å². The summed E-state index contributed by atoms with van der Waals surface area (Å²) in [6, 6.07) is 0.690. The Bertz CT molecular complexity index is 215. The van der Waals surface area contributed by atoms with E-state index in [-0.39, 0.29) is 0 Å². The zero-order valence-corrected chi connectivity index (χ0v) is 10.1. The molecule has 15 heavy (non-hydrogen) atoms. The van der Waals surface area contributed by atoms with Gasteiger partial charge in [0.1, 0.15) is 0 Å². The van der Waals surface area contributed by atoms with Gasteiger partial charge in [0, 0.05) is 6.04 Å². The van der Waals surface area contributed by atoms with E-state index in [0.29, 0.717) is 6.04 Å². The molecule has 1 nitrogen and oxygen atoms in total. The van der Waals surface area contributed by atoms with Crippen LogP contribution in [0.15, 0.2) is 11.6 Å². The molecule has 1 fully saturated rings. The first kappa shape index (κ1) is 11.2. The molecule has 0 bridgehead atoms. The van der Waals surface area contributed by atoms with E-state index in [0.717, 1.165) is 5.92 Å². The third-order valence-electron chi connectivity index (χ3n) is 3.89. The molecule has 2 rings (SSSR count). The van der Waals surface area contributed by atoms with Crippen LogP contribution in [0.4, 0.5) is 0 Å². The Kier molecular flexibility index (Phi) is 4.25. The van der Waals surface area contributed by atoms with Crippen molar-refractivity contribution in [3.05, 3.63) is 11.6 Å². The van der Waals surface area contributed by atoms with E-state index in [9.17, 15) is 0 Å². The van der Waals surface area contributed by atoms with Crippen molar-refractivity contribution in [2.75, 3.05) is 7.05 Å². The second kappa shape index (κ2) is 5.69. The van der Waals surface area contributed by atoms with Crippen LogP contribution in [0.1, 0.15) is 57.8 Å². The maximum absolute atomic E-state index is 3.52. The van der Waals surface area contributed by atoms with E-state index < -0.39 is 0 Å². The molecule has 86 valence electrons. The van der Waals surface area contributed by atoms with Crippen LogP contribution in [0, 0.1) is 5.92 Å². The Morgan fingerprint density at radius 1 is 1.27 bits per heavy atom. The standard InChI is InChI=1S/C14H25N/c1-15-14(11-12-9-10-12)13-7-5-3-2-4-6-8-13/h7,12,14-15H,2-6,8-11H2,1H3. The number of hydrogen-bond donors (Lipinski definition) is 1. The predicted molar refractivity (Wildman–Crippen MR) is 66.0 cm³/mol. The zero-order valence-electron chi connectivity index (χ0n) is 10.1. The van der Waals surface area contributed by atoms with Gasteiger partial charge in [-0.2, -0.15) is 0 Å². The molecule has 0 aromatic carbocycles. The molecule has 1 N–H and O–H groups in total. The van der Waals surface area contributed by atoms with Crippen molar-refractivity contribution in [2.45, 2.75) is 63.8 Å². The quantitative estimate of drug-likeness (QED) is 0.694. The fourth-order valence-electron chi connectivity index (χ4n) is 2.67. The Morgan fingerprint density at radius 3 is 2.80 bits per heavy atom. The minimum atomic E-state index is 0.690. The maximum atomic E-state index is 3.52. The van der Waals surface area contributed by atoms with E-state index in [4.69, 9.17) is 0 Å². The molecule has 0 amide bonds. The van der Waals surface area contributed by atoms with Crippen molar-refractivity contribution in [1.82, 2.24) is 5.32 Å². The predicted octanol–water partition coefficient (Wildman–Crippen LogP) is 3.66. The van der Waals surface area contributed by atoms with Crippen molar-refractivity contribution in [3.8, 4) is 0 Å². The smallest absolute Gasteiger partial charge is 0.0279 e. The van der Waals surface area contributed by atoms with Gasteiger partial charge < -0.3 is 5.32 Å². The highest BCUT2D eigenvalue weighted by atomic mass is 14.9. The van der Waals surface area contributed by atoms with Crippen molar-refractivity contribution < 1.29 is 0 Å². The molecule has 1 unspecified atom stereocenters. The zero-order chi connectivity index (χ0) is 10.5. The highest BCUT2D eigenvalue weighted by molar-refractivity contribution is 5.12. The molecule has 0 aromatic rings. The first-order valence-electron chi connectivity index (χ1n) is 6.76. The lowest BCUT2D eigenvalue weighted by molar-refractivity contribution is 0.512. The molecule has 2 aliphatic carbocycles. The second-order valence-corrected chi connectivity index (χ2v) is 5.25. The maximum Gasteiger partial charge on any atom is 0.0279 e. The van der Waals surface area contributed by atoms with Crippen LogP contribution in [0.3, 0.4) is 0 Å². The highest BCUT2D eigenvalue weighted by Crippen LogP contribution is 2.35. The molecule has 0 heterocycles. The molecule has 1 atom stereocenters. The van der Waals surface area contributed by atoms with Crippen LogP contribution in [-0.2, 0) is 0 Å². The van der Waals surface area contributed by atoms with E-state index in [1.165, 1.54) is 57.8 Å². The van der Waals surface area contributed by atoms with Gasteiger partial charge in [0.2, 0.25) is 0 Å². The normalized spacial score (nSPS) is 25.3. The number of nitrogens with one attached hydrogen (secondary N) is 1. The minimum Gasteiger partial charge on any atom is -0.313 e. The average Bonchev–Trinajstić information content (AvgIpc) is 2.98. The summed E-state index contributed by atoms with van der Waals surface area (Å²) in [5.41, 5.74) is 1.71. The monoisotopic (exact) mass is 207 g/mol. The summed E-state index contributed by atoms with van der Waals surface area (Å²) < 4.78 is 0. The fraction of sp³-hybridized carbons (Fsp3) is 0.857. The lowest BCUT2D eigenvalue weighted by Crippen LogP contribution is -2.28. The molecule has 2 aliphatic rings. The third kappa shape index (κ3) is 3.64. The molecule has 0 aromatic heterocycles. The van der Waals surface area contributed by atoms with Crippen LogP contribution in [-0.4, -0.2) is 13.1 Å². The second-order valence-electron chi connectivity index (χ2n) is 5.25. The van der Waals surface area contributed by atoms with Gasteiger partial charge in [0.15, 0.2) is 0 Å². The van der Waals surface area contributed by atoms with Gasteiger partial charge in [-0.05, 0) is 45.1 Å². The third-order valence-corrected chi connectivity index (χ3v) is 3.89. The first-order chi connectivity index (χ1) is 7.40. The first-order valence-corrected chi connectivity index (χ1v) is 6.76. The molecule has 1 heteroatoms. The SMILES string of the molecule is CNC(CC1CC1)C1=CCCCCCC1.